The molecule has 7 heteroatoms. The third-order valence-corrected chi connectivity index (χ3v) is 4.45. The largest absolute Gasteiger partial charge is 0.480 e. The van der Waals surface area contributed by atoms with Crippen LogP contribution < -0.4 is 0 Å². The molecule has 0 saturated carbocycles. The smallest absolute Gasteiger partial charge is 0.410 e. The number of hydrogen-bond acceptors (Lipinski definition) is 4. The molecule has 112 valence electrons. The topological polar surface area (TPSA) is 66.8 Å². The lowest BCUT2D eigenvalue weighted by molar-refractivity contribution is -0.142. The summed E-state index contributed by atoms with van der Waals surface area (Å²) in [6, 6.07) is 0.895. The monoisotopic (exact) mass is 363 g/mol. The molecule has 0 saturated heterocycles. The number of hydrogen-bond donors (Lipinski definition) is 1. The number of rotatable bonds is 4. The molecule has 5 nitrogen and oxygen atoms in total. The standard InChI is InChI=1S/C13H18BrNO4S/c1-13(2,3)19-12(18)15(4)9(11(16)17)7-10-8(14)5-6-20-10/h5-6,9H,7H2,1-4H3,(H,16,17). The maximum absolute atomic E-state index is 12.0. The minimum atomic E-state index is -1.06. The highest BCUT2D eigenvalue weighted by atomic mass is 79.9. The van der Waals surface area contributed by atoms with E-state index in [1.54, 1.807) is 20.8 Å². The van der Waals surface area contributed by atoms with Gasteiger partial charge >= 0.3 is 12.1 Å². The quantitative estimate of drug-likeness (QED) is 0.890. The van der Waals surface area contributed by atoms with E-state index in [0.29, 0.717) is 0 Å². The molecule has 1 unspecified atom stereocenters. The second-order valence-corrected chi connectivity index (χ2v) is 7.20. The molecule has 20 heavy (non-hydrogen) atoms. The summed E-state index contributed by atoms with van der Waals surface area (Å²) >= 11 is 4.81. The van der Waals surface area contributed by atoms with Crippen molar-refractivity contribution < 1.29 is 19.4 Å². The zero-order valence-electron chi connectivity index (χ0n) is 11.8. The van der Waals surface area contributed by atoms with Gasteiger partial charge in [-0.15, -0.1) is 11.3 Å². The SMILES string of the molecule is CN(C(=O)OC(C)(C)C)C(Cc1sccc1Br)C(=O)O. The molecule has 1 aromatic heterocycles. The number of ether oxygens (including phenoxy) is 1. The number of carboxylic acids is 1. The van der Waals surface area contributed by atoms with Crippen molar-refractivity contribution in [2.45, 2.75) is 38.8 Å². The summed E-state index contributed by atoms with van der Waals surface area (Å²) in [6.07, 6.45) is -0.402. The third-order valence-electron chi connectivity index (χ3n) is 2.50. The van der Waals surface area contributed by atoms with Crippen LogP contribution in [0.4, 0.5) is 4.79 Å². The molecule has 0 radical (unpaired) electrons. The molecule has 1 aromatic rings. The van der Waals surface area contributed by atoms with E-state index < -0.39 is 23.7 Å². The summed E-state index contributed by atoms with van der Waals surface area (Å²) < 4.78 is 6.05. The summed E-state index contributed by atoms with van der Waals surface area (Å²) in [5.41, 5.74) is -0.655. The predicted octanol–water partition coefficient (Wildman–Crippen LogP) is 3.37. The molecule has 1 N–H and O–H groups in total. The Labute approximate surface area is 130 Å². The fourth-order valence-corrected chi connectivity index (χ4v) is 3.05. The molecule has 0 bridgehead atoms. The summed E-state index contributed by atoms with van der Waals surface area (Å²) in [5, 5.41) is 11.2. The summed E-state index contributed by atoms with van der Waals surface area (Å²) in [4.78, 5) is 25.3. The van der Waals surface area contributed by atoms with Gasteiger partial charge in [-0.25, -0.2) is 9.59 Å². The van der Waals surface area contributed by atoms with E-state index in [-0.39, 0.29) is 6.42 Å². The Hall–Kier alpha value is -1.08. The van der Waals surface area contributed by atoms with E-state index in [9.17, 15) is 14.7 Å². The van der Waals surface area contributed by atoms with Gasteiger partial charge in [0, 0.05) is 22.8 Å². The first kappa shape index (κ1) is 17.0. The lowest BCUT2D eigenvalue weighted by Gasteiger charge is -2.28. The highest BCUT2D eigenvalue weighted by Crippen LogP contribution is 2.25. The van der Waals surface area contributed by atoms with Gasteiger partial charge in [0.05, 0.1) is 0 Å². The summed E-state index contributed by atoms with van der Waals surface area (Å²) in [7, 11) is 1.44. The Morgan fingerprint density at radius 2 is 2.10 bits per heavy atom. The van der Waals surface area contributed by atoms with Crippen LogP contribution in [0.15, 0.2) is 15.9 Å². The van der Waals surface area contributed by atoms with Crippen LogP contribution >= 0.6 is 27.3 Å². The first-order valence-corrected chi connectivity index (χ1v) is 7.69. The van der Waals surface area contributed by atoms with Crippen molar-refractivity contribution in [1.29, 1.82) is 0 Å². The number of carbonyl (C=O) groups excluding carboxylic acids is 1. The molecule has 0 aliphatic heterocycles. The Morgan fingerprint density at radius 1 is 1.50 bits per heavy atom. The molecular weight excluding hydrogens is 346 g/mol. The Balaban J connectivity index is 2.83. The van der Waals surface area contributed by atoms with Crippen LogP contribution in [0.25, 0.3) is 0 Å². The van der Waals surface area contributed by atoms with Crippen molar-refractivity contribution >= 4 is 39.3 Å². The summed E-state index contributed by atoms with van der Waals surface area (Å²) in [5.74, 6) is -1.06. The normalized spacial score (nSPS) is 12.8. The van der Waals surface area contributed by atoms with Gasteiger partial charge in [0.1, 0.15) is 11.6 Å². The lowest BCUT2D eigenvalue weighted by Crippen LogP contribution is -2.45. The van der Waals surface area contributed by atoms with Gasteiger partial charge < -0.3 is 9.84 Å². The van der Waals surface area contributed by atoms with E-state index in [0.717, 1.165) is 14.2 Å². The fraction of sp³-hybridized carbons (Fsp3) is 0.538. The van der Waals surface area contributed by atoms with Gasteiger partial charge in [-0.2, -0.15) is 0 Å². The Kier molecular flexibility index (Phi) is 5.59. The zero-order valence-corrected chi connectivity index (χ0v) is 14.2. The Bertz CT molecular complexity index is 495. The average molecular weight is 364 g/mol. The van der Waals surface area contributed by atoms with Gasteiger partial charge in [-0.3, -0.25) is 4.90 Å². The highest BCUT2D eigenvalue weighted by molar-refractivity contribution is 9.10. The van der Waals surface area contributed by atoms with Crippen molar-refractivity contribution in [3.8, 4) is 0 Å². The number of aliphatic carboxylic acids is 1. The summed E-state index contributed by atoms with van der Waals surface area (Å²) in [6.45, 7) is 5.22. The van der Waals surface area contributed by atoms with Crippen LogP contribution in [0.3, 0.4) is 0 Å². The van der Waals surface area contributed by atoms with E-state index in [2.05, 4.69) is 15.9 Å². The second kappa shape index (κ2) is 6.58. The molecule has 0 fully saturated rings. The molecule has 1 amide bonds. The van der Waals surface area contributed by atoms with Gasteiger partial charge in [0.2, 0.25) is 0 Å². The van der Waals surface area contributed by atoms with Crippen LogP contribution in [0.5, 0.6) is 0 Å². The third kappa shape index (κ3) is 4.79. The van der Waals surface area contributed by atoms with E-state index >= 15 is 0 Å². The van der Waals surface area contributed by atoms with Crippen molar-refractivity contribution in [3.05, 3.63) is 20.8 Å². The highest BCUT2D eigenvalue weighted by Gasteiger charge is 2.30. The predicted molar refractivity (Wildman–Crippen MR) is 81.1 cm³/mol. The van der Waals surface area contributed by atoms with Gasteiger partial charge in [0.15, 0.2) is 0 Å². The number of likely N-dealkylation sites (N-methyl/N-ethyl adjacent to an activating group) is 1. The van der Waals surface area contributed by atoms with Crippen molar-refractivity contribution in [2.75, 3.05) is 7.05 Å². The molecule has 1 atom stereocenters. The molecule has 1 rings (SSSR count). The fourth-order valence-electron chi connectivity index (χ4n) is 1.50. The molecule has 0 spiro atoms. The van der Waals surface area contributed by atoms with Crippen molar-refractivity contribution in [1.82, 2.24) is 4.90 Å². The number of thiophene rings is 1. The first-order valence-electron chi connectivity index (χ1n) is 6.02. The lowest BCUT2D eigenvalue weighted by atomic mass is 10.1. The van der Waals surface area contributed by atoms with E-state index in [1.807, 2.05) is 11.4 Å². The molecular formula is C13H18BrNO4S. The second-order valence-electron chi connectivity index (χ2n) is 5.34. The molecule has 1 heterocycles. The van der Waals surface area contributed by atoms with Crippen LogP contribution in [-0.2, 0) is 16.0 Å². The number of halogens is 1. The number of nitrogens with zero attached hydrogens (tertiary/aromatic N) is 1. The molecule has 0 aliphatic carbocycles. The van der Waals surface area contributed by atoms with E-state index in [4.69, 9.17) is 4.74 Å². The Morgan fingerprint density at radius 3 is 2.50 bits per heavy atom. The maximum atomic E-state index is 12.0. The first-order chi connectivity index (χ1) is 9.11. The average Bonchev–Trinajstić information content (AvgIpc) is 2.68. The molecule has 0 aromatic carbocycles. The van der Waals surface area contributed by atoms with Gasteiger partial charge in [0.25, 0.3) is 0 Å². The number of carbonyl (C=O) groups is 2. The van der Waals surface area contributed by atoms with Gasteiger partial charge in [-0.1, -0.05) is 0 Å². The van der Waals surface area contributed by atoms with Crippen LogP contribution in [0.2, 0.25) is 0 Å². The van der Waals surface area contributed by atoms with Crippen molar-refractivity contribution in [2.24, 2.45) is 0 Å². The van der Waals surface area contributed by atoms with E-state index in [1.165, 1.54) is 18.4 Å². The van der Waals surface area contributed by atoms with Crippen molar-refractivity contribution in [3.63, 3.8) is 0 Å². The van der Waals surface area contributed by atoms with Crippen LogP contribution in [0.1, 0.15) is 25.6 Å². The maximum Gasteiger partial charge on any atom is 0.410 e. The zero-order chi connectivity index (χ0) is 15.5. The minimum Gasteiger partial charge on any atom is -0.480 e. The van der Waals surface area contributed by atoms with Crippen LogP contribution in [-0.4, -0.2) is 40.8 Å². The minimum absolute atomic E-state index is 0.239. The molecule has 0 aliphatic rings. The number of amides is 1. The number of carboxylic acid groups (broad SMARTS) is 1. The van der Waals surface area contributed by atoms with Crippen LogP contribution in [0, 0.1) is 0 Å². The van der Waals surface area contributed by atoms with Gasteiger partial charge in [-0.05, 0) is 48.1 Å².